The summed E-state index contributed by atoms with van der Waals surface area (Å²) in [5.74, 6) is 2.42. The van der Waals surface area contributed by atoms with E-state index < -0.39 is 0 Å². The SMILES string of the molecule is CCOc1ccccc1C(=O)NCC(=O)NCCSCc1ccco1. The zero-order valence-corrected chi connectivity index (χ0v) is 14.9. The molecule has 0 saturated carbocycles. The molecule has 1 aromatic carbocycles. The number of nitrogens with one attached hydrogen (secondary N) is 2. The summed E-state index contributed by atoms with van der Waals surface area (Å²) < 4.78 is 10.6. The van der Waals surface area contributed by atoms with Gasteiger partial charge in [-0.3, -0.25) is 9.59 Å². The highest BCUT2D eigenvalue weighted by molar-refractivity contribution is 7.98. The van der Waals surface area contributed by atoms with Gasteiger partial charge in [0.1, 0.15) is 11.5 Å². The van der Waals surface area contributed by atoms with E-state index in [9.17, 15) is 9.59 Å². The highest BCUT2D eigenvalue weighted by atomic mass is 32.2. The molecule has 0 aliphatic carbocycles. The Morgan fingerprint density at radius 2 is 2.00 bits per heavy atom. The molecule has 1 aromatic heterocycles. The van der Waals surface area contributed by atoms with Crippen molar-refractivity contribution >= 4 is 23.6 Å². The van der Waals surface area contributed by atoms with Crippen LogP contribution in [0.1, 0.15) is 23.0 Å². The first-order valence-corrected chi connectivity index (χ1v) is 9.23. The molecule has 0 unspecified atom stereocenters. The predicted octanol–water partition coefficient (Wildman–Crippen LogP) is 2.46. The van der Waals surface area contributed by atoms with Crippen molar-refractivity contribution in [2.24, 2.45) is 0 Å². The molecule has 0 spiro atoms. The Kier molecular flexibility index (Phi) is 7.91. The molecule has 2 amide bonds. The molecule has 0 atom stereocenters. The van der Waals surface area contributed by atoms with Gasteiger partial charge in [0.05, 0.1) is 30.7 Å². The number of ether oxygens (including phenoxy) is 1. The van der Waals surface area contributed by atoms with E-state index in [1.165, 1.54) is 0 Å². The lowest BCUT2D eigenvalue weighted by Gasteiger charge is -2.10. The van der Waals surface area contributed by atoms with E-state index in [1.807, 2.05) is 19.1 Å². The molecule has 2 aromatic rings. The quantitative estimate of drug-likeness (QED) is 0.635. The van der Waals surface area contributed by atoms with Gasteiger partial charge >= 0.3 is 0 Å². The van der Waals surface area contributed by atoms with Crippen molar-refractivity contribution in [2.75, 3.05) is 25.4 Å². The van der Waals surface area contributed by atoms with E-state index in [1.54, 1.807) is 42.3 Å². The fourth-order valence-electron chi connectivity index (χ4n) is 2.08. The van der Waals surface area contributed by atoms with Gasteiger partial charge in [-0.05, 0) is 31.2 Å². The maximum Gasteiger partial charge on any atom is 0.255 e. The number of amides is 2. The normalized spacial score (nSPS) is 10.3. The van der Waals surface area contributed by atoms with Gasteiger partial charge in [-0.1, -0.05) is 12.1 Å². The zero-order valence-electron chi connectivity index (χ0n) is 14.1. The lowest BCUT2D eigenvalue weighted by Crippen LogP contribution is -2.37. The van der Waals surface area contributed by atoms with E-state index >= 15 is 0 Å². The summed E-state index contributed by atoms with van der Waals surface area (Å²) in [5, 5.41) is 5.38. The molecule has 2 N–H and O–H groups in total. The molecular weight excluding hydrogens is 340 g/mol. The van der Waals surface area contributed by atoms with Gasteiger partial charge in [0.2, 0.25) is 5.91 Å². The van der Waals surface area contributed by atoms with Crippen molar-refractivity contribution in [1.29, 1.82) is 0 Å². The summed E-state index contributed by atoms with van der Waals surface area (Å²) in [6.07, 6.45) is 1.64. The Bertz CT molecular complexity index is 673. The third-order valence-electron chi connectivity index (χ3n) is 3.23. The summed E-state index contributed by atoms with van der Waals surface area (Å²) in [7, 11) is 0. The molecule has 2 rings (SSSR count). The molecule has 0 saturated heterocycles. The van der Waals surface area contributed by atoms with Crippen LogP contribution in [0.25, 0.3) is 0 Å². The first-order valence-electron chi connectivity index (χ1n) is 8.07. The third-order valence-corrected chi connectivity index (χ3v) is 4.22. The summed E-state index contributed by atoms with van der Waals surface area (Å²) >= 11 is 1.67. The fourth-order valence-corrected chi connectivity index (χ4v) is 2.84. The van der Waals surface area contributed by atoms with Crippen LogP contribution in [-0.2, 0) is 10.5 Å². The Morgan fingerprint density at radius 3 is 2.76 bits per heavy atom. The van der Waals surface area contributed by atoms with Crippen LogP contribution < -0.4 is 15.4 Å². The van der Waals surface area contributed by atoms with Gasteiger partial charge in [0.15, 0.2) is 0 Å². The van der Waals surface area contributed by atoms with Crippen LogP contribution in [0.4, 0.5) is 0 Å². The minimum Gasteiger partial charge on any atom is -0.493 e. The van der Waals surface area contributed by atoms with Crippen LogP contribution in [0.5, 0.6) is 5.75 Å². The molecule has 1 heterocycles. The first-order chi connectivity index (χ1) is 12.2. The van der Waals surface area contributed by atoms with Crippen LogP contribution in [0.3, 0.4) is 0 Å². The second kappa shape index (κ2) is 10.5. The van der Waals surface area contributed by atoms with Gasteiger partial charge in [-0.2, -0.15) is 11.8 Å². The Hall–Kier alpha value is -2.41. The van der Waals surface area contributed by atoms with Crippen molar-refractivity contribution in [3.8, 4) is 5.75 Å². The molecule has 0 aliphatic rings. The molecule has 7 heteroatoms. The van der Waals surface area contributed by atoms with E-state index in [0.29, 0.717) is 24.5 Å². The van der Waals surface area contributed by atoms with Gasteiger partial charge in [-0.25, -0.2) is 0 Å². The van der Waals surface area contributed by atoms with Crippen molar-refractivity contribution in [2.45, 2.75) is 12.7 Å². The van der Waals surface area contributed by atoms with Crippen molar-refractivity contribution in [3.05, 3.63) is 54.0 Å². The molecule has 25 heavy (non-hydrogen) atoms. The number of carbonyl (C=O) groups excluding carboxylic acids is 2. The van der Waals surface area contributed by atoms with Gasteiger partial charge in [0.25, 0.3) is 5.91 Å². The van der Waals surface area contributed by atoms with E-state index in [2.05, 4.69) is 10.6 Å². The van der Waals surface area contributed by atoms with Crippen LogP contribution in [0.15, 0.2) is 47.1 Å². The van der Waals surface area contributed by atoms with Crippen molar-refractivity contribution in [3.63, 3.8) is 0 Å². The summed E-state index contributed by atoms with van der Waals surface area (Å²) in [5.41, 5.74) is 0.422. The summed E-state index contributed by atoms with van der Waals surface area (Å²) in [4.78, 5) is 24.0. The topological polar surface area (TPSA) is 80.6 Å². The highest BCUT2D eigenvalue weighted by Gasteiger charge is 2.12. The van der Waals surface area contributed by atoms with E-state index in [-0.39, 0.29) is 18.4 Å². The Morgan fingerprint density at radius 1 is 1.16 bits per heavy atom. The average molecular weight is 362 g/mol. The second-order valence-corrected chi connectivity index (χ2v) is 6.20. The lowest BCUT2D eigenvalue weighted by molar-refractivity contribution is -0.120. The number of benzene rings is 1. The molecular formula is C18H22N2O4S. The number of hydrogen-bond donors (Lipinski definition) is 2. The zero-order chi connectivity index (χ0) is 17.9. The number of furan rings is 1. The Balaban J connectivity index is 1.65. The number of carbonyl (C=O) groups is 2. The van der Waals surface area contributed by atoms with Crippen LogP contribution in [0, 0.1) is 0 Å². The van der Waals surface area contributed by atoms with Crippen LogP contribution in [-0.4, -0.2) is 37.3 Å². The maximum absolute atomic E-state index is 12.2. The number of rotatable bonds is 10. The summed E-state index contributed by atoms with van der Waals surface area (Å²) in [6, 6.07) is 10.7. The summed E-state index contributed by atoms with van der Waals surface area (Å²) in [6.45, 7) is 2.80. The van der Waals surface area contributed by atoms with Crippen LogP contribution >= 0.6 is 11.8 Å². The highest BCUT2D eigenvalue weighted by Crippen LogP contribution is 2.17. The number of hydrogen-bond acceptors (Lipinski definition) is 5. The van der Waals surface area contributed by atoms with Gasteiger partial charge in [-0.15, -0.1) is 0 Å². The number of thioether (sulfide) groups is 1. The predicted molar refractivity (Wildman–Crippen MR) is 97.8 cm³/mol. The molecule has 0 aliphatic heterocycles. The average Bonchev–Trinajstić information content (AvgIpc) is 3.13. The second-order valence-electron chi connectivity index (χ2n) is 5.09. The van der Waals surface area contributed by atoms with Crippen molar-refractivity contribution in [1.82, 2.24) is 10.6 Å². The molecule has 134 valence electrons. The monoisotopic (exact) mass is 362 g/mol. The van der Waals surface area contributed by atoms with Gasteiger partial charge in [0, 0.05) is 12.3 Å². The first kappa shape index (κ1) is 18.9. The van der Waals surface area contributed by atoms with E-state index in [0.717, 1.165) is 17.3 Å². The van der Waals surface area contributed by atoms with Crippen molar-refractivity contribution < 1.29 is 18.7 Å². The van der Waals surface area contributed by atoms with Crippen LogP contribution in [0.2, 0.25) is 0 Å². The minimum atomic E-state index is -0.327. The largest absolute Gasteiger partial charge is 0.493 e. The standard InChI is InChI=1S/C18H22N2O4S/c1-2-23-16-8-4-3-7-15(16)18(22)20-12-17(21)19-9-11-25-13-14-6-5-10-24-14/h3-8,10H,2,9,11-13H2,1H3,(H,19,21)(H,20,22). The third kappa shape index (κ3) is 6.54. The van der Waals surface area contributed by atoms with E-state index in [4.69, 9.17) is 9.15 Å². The molecule has 0 radical (unpaired) electrons. The minimum absolute atomic E-state index is 0.0673. The Labute approximate surface area is 151 Å². The lowest BCUT2D eigenvalue weighted by atomic mass is 10.2. The fraction of sp³-hybridized carbons (Fsp3) is 0.333. The molecule has 0 bridgehead atoms. The molecule has 0 fully saturated rings. The number of para-hydroxylation sites is 1. The van der Waals surface area contributed by atoms with Gasteiger partial charge < -0.3 is 19.8 Å². The molecule has 6 nitrogen and oxygen atoms in total. The smallest absolute Gasteiger partial charge is 0.255 e. The maximum atomic E-state index is 12.2.